The van der Waals surface area contributed by atoms with Gasteiger partial charge < -0.3 is 9.31 Å². The molecule has 5 heteroatoms. The van der Waals surface area contributed by atoms with Crippen molar-refractivity contribution in [2.24, 2.45) is 23.2 Å². The molecule has 1 heterocycles. The predicted molar refractivity (Wildman–Crippen MR) is 97.5 cm³/mol. The second-order valence-electron chi connectivity index (χ2n) is 10.1. The van der Waals surface area contributed by atoms with E-state index in [0.717, 1.165) is 18.8 Å². The highest BCUT2D eigenvalue weighted by molar-refractivity contribution is 6.46. The molecule has 0 aromatic rings. The molecular formula is C20H33BF2O2. The first-order valence-electron chi connectivity index (χ1n) is 9.82. The molecule has 0 N–H and O–H groups in total. The highest BCUT2D eigenvalue weighted by Crippen LogP contribution is 2.54. The topological polar surface area (TPSA) is 18.5 Å². The minimum Gasteiger partial charge on any atom is -0.403 e. The van der Waals surface area contributed by atoms with Crippen molar-refractivity contribution < 1.29 is 18.1 Å². The van der Waals surface area contributed by atoms with Gasteiger partial charge in [-0.2, -0.15) is 8.78 Å². The van der Waals surface area contributed by atoms with Crippen LogP contribution >= 0.6 is 0 Å². The molecule has 25 heavy (non-hydrogen) atoms. The van der Waals surface area contributed by atoms with Gasteiger partial charge in [-0.3, -0.25) is 0 Å². The highest BCUT2D eigenvalue weighted by atomic mass is 19.3. The van der Waals surface area contributed by atoms with E-state index in [1.54, 1.807) is 0 Å². The minimum atomic E-state index is -1.53. The maximum absolute atomic E-state index is 14.0. The third-order valence-corrected chi connectivity index (χ3v) is 7.24. The Balaban J connectivity index is 1.80. The molecule has 1 saturated heterocycles. The van der Waals surface area contributed by atoms with Crippen molar-refractivity contribution in [3.05, 3.63) is 11.7 Å². The van der Waals surface area contributed by atoms with E-state index in [2.05, 4.69) is 6.92 Å². The van der Waals surface area contributed by atoms with Crippen molar-refractivity contribution in [1.82, 2.24) is 0 Å². The van der Waals surface area contributed by atoms with Gasteiger partial charge in [0.05, 0.1) is 11.2 Å². The second-order valence-corrected chi connectivity index (χ2v) is 10.1. The lowest BCUT2D eigenvalue weighted by molar-refractivity contribution is 0.00578. The van der Waals surface area contributed by atoms with Crippen LogP contribution in [0.15, 0.2) is 11.7 Å². The summed E-state index contributed by atoms with van der Waals surface area (Å²) < 4.78 is 40.1. The molecule has 0 amide bonds. The highest BCUT2D eigenvalue weighted by Gasteiger charge is 2.53. The van der Waals surface area contributed by atoms with Gasteiger partial charge in [0.1, 0.15) is 0 Å². The lowest BCUT2D eigenvalue weighted by Gasteiger charge is -2.47. The molecule has 3 saturated carbocycles. The zero-order valence-corrected chi connectivity index (χ0v) is 16.6. The number of halogens is 2. The van der Waals surface area contributed by atoms with Crippen LogP contribution in [-0.4, -0.2) is 18.3 Å². The molecule has 4 fully saturated rings. The summed E-state index contributed by atoms with van der Waals surface area (Å²) >= 11 is 0. The van der Waals surface area contributed by atoms with Crippen molar-refractivity contribution in [1.29, 1.82) is 0 Å². The van der Waals surface area contributed by atoms with Gasteiger partial charge >= 0.3 is 7.12 Å². The molecule has 0 spiro atoms. The molecule has 142 valence electrons. The van der Waals surface area contributed by atoms with E-state index in [1.165, 1.54) is 19.3 Å². The number of hydrogen-bond donors (Lipinski definition) is 0. The summed E-state index contributed by atoms with van der Waals surface area (Å²) in [5, 5.41) is 0. The molecule has 0 radical (unpaired) electrons. The Labute approximate surface area is 151 Å². The van der Waals surface area contributed by atoms with E-state index in [-0.39, 0.29) is 11.9 Å². The molecule has 1 aliphatic heterocycles. The molecule has 2 unspecified atom stereocenters. The molecular weight excluding hydrogens is 321 g/mol. The second kappa shape index (κ2) is 6.33. The van der Waals surface area contributed by atoms with Gasteiger partial charge in [0.15, 0.2) is 0 Å². The molecule has 2 bridgehead atoms. The summed E-state index contributed by atoms with van der Waals surface area (Å²) in [6.07, 6.45) is 3.99. The van der Waals surface area contributed by atoms with Crippen LogP contribution < -0.4 is 0 Å². The first-order chi connectivity index (χ1) is 11.4. The standard InChI is InChI=1S/C20H33BF2O2/c1-13-7-14-8-15(9-14)11-20(6,10-13)16(17(22)23)12-21-24-18(2,3)19(4,5)25-21/h13-15H,7-12H2,1-6H3. The van der Waals surface area contributed by atoms with E-state index in [0.29, 0.717) is 11.8 Å². The van der Waals surface area contributed by atoms with Gasteiger partial charge in [-0.1, -0.05) is 13.8 Å². The van der Waals surface area contributed by atoms with E-state index in [4.69, 9.17) is 9.31 Å². The van der Waals surface area contributed by atoms with Crippen LogP contribution in [0.3, 0.4) is 0 Å². The molecule has 4 aliphatic rings. The van der Waals surface area contributed by atoms with Crippen LogP contribution in [0.2, 0.25) is 6.32 Å². The van der Waals surface area contributed by atoms with Crippen LogP contribution in [-0.2, 0) is 9.31 Å². The Bertz CT molecular complexity index is 530. The summed E-state index contributed by atoms with van der Waals surface area (Å²) in [6.45, 7) is 12.1. The third-order valence-electron chi connectivity index (χ3n) is 7.24. The molecule has 0 aromatic carbocycles. The maximum Gasteiger partial charge on any atom is 0.462 e. The molecule has 2 nitrogen and oxygen atoms in total. The van der Waals surface area contributed by atoms with E-state index in [9.17, 15) is 8.78 Å². The Hall–Kier alpha value is -0.415. The van der Waals surface area contributed by atoms with Gasteiger partial charge in [0, 0.05) is 6.32 Å². The fraction of sp³-hybridized carbons (Fsp3) is 0.900. The Morgan fingerprint density at radius 1 is 0.920 bits per heavy atom. The quantitative estimate of drug-likeness (QED) is 0.572. The van der Waals surface area contributed by atoms with Gasteiger partial charge in [0.25, 0.3) is 6.08 Å². The summed E-state index contributed by atoms with van der Waals surface area (Å²) in [7, 11) is -0.590. The van der Waals surface area contributed by atoms with Crippen molar-refractivity contribution in [3.63, 3.8) is 0 Å². The van der Waals surface area contributed by atoms with E-state index in [1.807, 2.05) is 34.6 Å². The van der Waals surface area contributed by atoms with Crippen LogP contribution in [0.1, 0.15) is 73.6 Å². The summed E-state index contributed by atoms with van der Waals surface area (Å²) in [6, 6.07) is 0. The van der Waals surface area contributed by atoms with Gasteiger partial charge in [0.2, 0.25) is 0 Å². The van der Waals surface area contributed by atoms with Crippen molar-refractivity contribution in [2.75, 3.05) is 0 Å². The smallest absolute Gasteiger partial charge is 0.403 e. The van der Waals surface area contributed by atoms with Crippen LogP contribution in [0.5, 0.6) is 0 Å². The summed E-state index contributed by atoms with van der Waals surface area (Å²) in [5.41, 5.74) is -1.14. The lowest BCUT2D eigenvalue weighted by atomic mass is 9.56. The minimum absolute atomic E-state index is 0.175. The SMILES string of the molecule is CC1CC2CC(C2)CC(C)(C(CB2OC(C)(C)C(C)(C)O2)=C(F)F)C1. The fourth-order valence-electron chi connectivity index (χ4n) is 5.39. The average Bonchev–Trinajstić information content (AvgIpc) is 2.58. The van der Waals surface area contributed by atoms with Crippen molar-refractivity contribution in [2.45, 2.75) is 91.2 Å². The third kappa shape index (κ3) is 3.69. The van der Waals surface area contributed by atoms with Crippen LogP contribution in [0.4, 0.5) is 8.78 Å². The normalized spacial score (nSPS) is 39.4. The number of rotatable bonds is 3. The van der Waals surface area contributed by atoms with E-state index < -0.39 is 29.8 Å². The molecule has 2 atom stereocenters. The Morgan fingerprint density at radius 2 is 1.48 bits per heavy atom. The van der Waals surface area contributed by atoms with Crippen molar-refractivity contribution >= 4 is 7.12 Å². The molecule has 3 aliphatic carbocycles. The fourth-order valence-corrected chi connectivity index (χ4v) is 5.39. The van der Waals surface area contributed by atoms with E-state index >= 15 is 0 Å². The zero-order chi connectivity index (χ0) is 18.6. The number of allylic oxidation sites excluding steroid dienone is 1. The Kier molecular flexibility index (Phi) is 4.90. The average molecular weight is 354 g/mol. The first-order valence-corrected chi connectivity index (χ1v) is 9.82. The largest absolute Gasteiger partial charge is 0.462 e. The monoisotopic (exact) mass is 354 g/mol. The van der Waals surface area contributed by atoms with Gasteiger partial charge in [-0.25, -0.2) is 0 Å². The van der Waals surface area contributed by atoms with Crippen LogP contribution in [0, 0.1) is 23.2 Å². The van der Waals surface area contributed by atoms with Crippen molar-refractivity contribution in [3.8, 4) is 0 Å². The number of fused-ring (bicyclic) bond motifs is 4. The van der Waals surface area contributed by atoms with Crippen LogP contribution in [0.25, 0.3) is 0 Å². The maximum atomic E-state index is 14.0. The Morgan fingerprint density at radius 3 is 2.00 bits per heavy atom. The number of hydrogen-bond acceptors (Lipinski definition) is 2. The summed E-state index contributed by atoms with van der Waals surface area (Å²) in [5.74, 6) is 1.93. The predicted octanol–water partition coefficient (Wildman–Crippen LogP) is 6.08. The van der Waals surface area contributed by atoms with Gasteiger partial charge in [-0.15, -0.1) is 0 Å². The first kappa shape index (κ1) is 19.3. The molecule has 0 aromatic heterocycles. The molecule has 4 rings (SSSR count). The lowest BCUT2D eigenvalue weighted by Crippen LogP contribution is -2.41. The zero-order valence-electron chi connectivity index (χ0n) is 16.6. The van der Waals surface area contributed by atoms with Gasteiger partial charge in [-0.05, 0) is 88.5 Å². The summed E-state index contributed by atoms with van der Waals surface area (Å²) in [4.78, 5) is 0.